The summed E-state index contributed by atoms with van der Waals surface area (Å²) < 4.78 is 5.38. The molecular weight excluding hydrogens is 114 g/mol. The van der Waals surface area contributed by atoms with Gasteiger partial charge in [-0.05, 0) is 27.4 Å². The summed E-state index contributed by atoms with van der Waals surface area (Å²) in [6.07, 6.45) is 1.49. The quantitative estimate of drug-likeness (QED) is 0.533. The average molecular weight is 131 g/mol. The Morgan fingerprint density at radius 3 is 2.33 bits per heavy atom. The Kier molecular flexibility index (Phi) is 4.72. The SMILES string of the molecule is CCC(C)OCN(C)C. The van der Waals surface area contributed by atoms with E-state index >= 15 is 0 Å². The number of nitrogens with zero attached hydrogens (tertiary/aromatic N) is 1. The fourth-order valence-electron chi connectivity index (χ4n) is 0.394. The summed E-state index contributed by atoms with van der Waals surface area (Å²) in [6, 6.07) is 0. The van der Waals surface area contributed by atoms with E-state index < -0.39 is 0 Å². The summed E-state index contributed by atoms with van der Waals surface area (Å²) in [7, 11) is 4.00. The topological polar surface area (TPSA) is 12.5 Å². The molecule has 2 heteroatoms. The van der Waals surface area contributed by atoms with Crippen LogP contribution in [0.3, 0.4) is 0 Å². The largest absolute Gasteiger partial charge is 0.363 e. The Morgan fingerprint density at radius 2 is 2.00 bits per heavy atom. The molecule has 0 saturated heterocycles. The van der Waals surface area contributed by atoms with Crippen molar-refractivity contribution in [1.29, 1.82) is 0 Å². The third-order valence-corrected chi connectivity index (χ3v) is 1.19. The normalized spacial score (nSPS) is 14.3. The minimum absolute atomic E-state index is 0.396. The first-order valence-corrected chi connectivity index (χ1v) is 3.43. The zero-order valence-corrected chi connectivity index (χ0v) is 6.85. The molecule has 1 unspecified atom stereocenters. The maximum atomic E-state index is 5.38. The number of rotatable bonds is 4. The molecule has 0 amide bonds. The number of ether oxygens (including phenoxy) is 1. The van der Waals surface area contributed by atoms with Crippen LogP contribution in [0.2, 0.25) is 0 Å². The lowest BCUT2D eigenvalue weighted by Gasteiger charge is -2.14. The third kappa shape index (κ3) is 5.80. The van der Waals surface area contributed by atoms with E-state index in [2.05, 4.69) is 13.8 Å². The van der Waals surface area contributed by atoms with E-state index in [1.54, 1.807) is 0 Å². The zero-order valence-electron chi connectivity index (χ0n) is 6.85. The Balaban J connectivity index is 3.06. The second-order valence-electron chi connectivity index (χ2n) is 2.59. The molecule has 9 heavy (non-hydrogen) atoms. The van der Waals surface area contributed by atoms with Crippen LogP contribution in [0, 0.1) is 0 Å². The second-order valence-corrected chi connectivity index (χ2v) is 2.59. The first-order valence-electron chi connectivity index (χ1n) is 3.43. The van der Waals surface area contributed by atoms with Crippen molar-refractivity contribution < 1.29 is 4.74 Å². The van der Waals surface area contributed by atoms with Crippen LogP contribution in [0.5, 0.6) is 0 Å². The van der Waals surface area contributed by atoms with Gasteiger partial charge in [0.1, 0.15) is 0 Å². The van der Waals surface area contributed by atoms with Crippen LogP contribution in [-0.2, 0) is 4.74 Å². The summed E-state index contributed by atoms with van der Waals surface area (Å²) in [4.78, 5) is 2.02. The summed E-state index contributed by atoms with van der Waals surface area (Å²) in [5, 5.41) is 0. The van der Waals surface area contributed by atoms with Crippen molar-refractivity contribution in [3.05, 3.63) is 0 Å². The van der Waals surface area contributed by atoms with Crippen molar-refractivity contribution in [3.8, 4) is 0 Å². The van der Waals surface area contributed by atoms with Crippen LogP contribution in [0.4, 0.5) is 0 Å². The molecule has 56 valence electrons. The molecule has 0 radical (unpaired) electrons. The maximum absolute atomic E-state index is 5.38. The van der Waals surface area contributed by atoms with Gasteiger partial charge in [0.2, 0.25) is 0 Å². The number of hydrogen-bond donors (Lipinski definition) is 0. The Hall–Kier alpha value is -0.0800. The molecular formula is C7H17NO. The predicted molar refractivity (Wildman–Crippen MR) is 39.4 cm³/mol. The molecule has 1 atom stereocenters. The molecule has 0 saturated carbocycles. The van der Waals surface area contributed by atoms with Gasteiger partial charge >= 0.3 is 0 Å². The van der Waals surface area contributed by atoms with Crippen molar-refractivity contribution >= 4 is 0 Å². The average Bonchev–Trinajstić information content (AvgIpc) is 1.83. The van der Waals surface area contributed by atoms with Crippen LogP contribution >= 0.6 is 0 Å². The van der Waals surface area contributed by atoms with E-state index in [4.69, 9.17) is 4.74 Å². The molecule has 0 heterocycles. The van der Waals surface area contributed by atoms with E-state index in [1.165, 1.54) is 0 Å². The van der Waals surface area contributed by atoms with E-state index in [0.717, 1.165) is 13.2 Å². The van der Waals surface area contributed by atoms with Gasteiger partial charge in [0.25, 0.3) is 0 Å². The Morgan fingerprint density at radius 1 is 1.44 bits per heavy atom. The van der Waals surface area contributed by atoms with Crippen LogP contribution in [0.25, 0.3) is 0 Å². The summed E-state index contributed by atoms with van der Waals surface area (Å²) in [5.74, 6) is 0. The molecule has 0 aliphatic heterocycles. The molecule has 0 N–H and O–H groups in total. The zero-order chi connectivity index (χ0) is 7.28. The van der Waals surface area contributed by atoms with E-state index in [0.29, 0.717) is 6.10 Å². The van der Waals surface area contributed by atoms with Gasteiger partial charge in [-0.1, -0.05) is 6.92 Å². The van der Waals surface area contributed by atoms with Gasteiger partial charge < -0.3 is 4.74 Å². The highest BCUT2D eigenvalue weighted by atomic mass is 16.5. The summed E-state index contributed by atoms with van der Waals surface area (Å²) >= 11 is 0. The standard InChI is InChI=1S/C7H17NO/c1-5-7(2)9-6-8(3)4/h7H,5-6H2,1-4H3. The highest BCUT2D eigenvalue weighted by Crippen LogP contribution is 1.94. The van der Waals surface area contributed by atoms with E-state index in [-0.39, 0.29) is 0 Å². The number of hydrogen-bond acceptors (Lipinski definition) is 2. The van der Waals surface area contributed by atoms with Crippen molar-refractivity contribution in [3.63, 3.8) is 0 Å². The van der Waals surface area contributed by atoms with Crippen molar-refractivity contribution in [2.24, 2.45) is 0 Å². The molecule has 0 bridgehead atoms. The van der Waals surface area contributed by atoms with Gasteiger partial charge in [-0.2, -0.15) is 0 Å². The Bertz CT molecular complexity index is 63.9. The summed E-state index contributed by atoms with van der Waals surface area (Å²) in [5.41, 5.74) is 0. The van der Waals surface area contributed by atoms with Gasteiger partial charge in [0.15, 0.2) is 0 Å². The third-order valence-electron chi connectivity index (χ3n) is 1.19. The highest BCUT2D eigenvalue weighted by molar-refractivity contribution is 4.42. The fraction of sp³-hybridized carbons (Fsp3) is 1.00. The maximum Gasteiger partial charge on any atom is 0.0988 e. The van der Waals surface area contributed by atoms with Crippen molar-refractivity contribution in [1.82, 2.24) is 4.90 Å². The van der Waals surface area contributed by atoms with Crippen LogP contribution in [0.1, 0.15) is 20.3 Å². The van der Waals surface area contributed by atoms with Gasteiger partial charge in [0.05, 0.1) is 12.8 Å². The van der Waals surface area contributed by atoms with E-state index in [1.807, 2.05) is 19.0 Å². The lowest BCUT2D eigenvalue weighted by atomic mass is 10.3. The fourth-order valence-corrected chi connectivity index (χ4v) is 0.394. The van der Waals surface area contributed by atoms with Gasteiger partial charge in [-0.15, -0.1) is 0 Å². The first-order chi connectivity index (χ1) is 4.16. The molecule has 0 aromatic heterocycles. The van der Waals surface area contributed by atoms with Gasteiger partial charge in [-0.3, -0.25) is 4.90 Å². The van der Waals surface area contributed by atoms with Crippen LogP contribution < -0.4 is 0 Å². The molecule has 0 aliphatic carbocycles. The van der Waals surface area contributed by atoms with Gasteiger partial charge in [0, 0.05) is 0 Å². The Labute approximate surface area is 57.8 Å². The molecule has 0 aromatic rings. The van der Waals surface area contributed by atoms with Gasteiger partial charge in [-0.25, -0.2) is 0 Å². The lowest BCUT2D eigenvalue weighted by molar-refractivity contribution is 0.00432. The minimum Gasteiger partial charge on any atom is -0.363 e. The molecule has 0 spiro atoms. The smallest absolute Gasteiger partial charge is 0.0988 e. The first kappa shape index (κ1) is 8.92. The van der Waals surface area contributed by atoms with Crippen LogP contribution in [-0.4, -0.2) is 31.8 Å². The van der Waals surface area contributed by atoms with Crippen molar-refractivity contribution in [2.45, 2.75) is 26.4 Å². The summed E-state index contributed by atoms with van der Waals surface area (Å²) in [6.45, 7) is 4.94. The molecule has 2 nitrogen and oxygen atoms in total. The molecule has 0 aromatic carbocycles. The lowest BCUT2D eigenvalue weighted by Crippen LogP contribution is -2.20. The second kappa shape index (κ2) is 4.77. The van der Waals surface area contributed by atoms with Crippen molar-refractivity contribution in [2.75, 3.05) is 20.8 Å². The van der Waals surface area contributed by atoms with E-state index in [9.17, 15) is 0 Å². The van der Waals surface area contributed by atoms with Crippen LogP contribution in [0.15, 0.2) is 0 Å². The predicted octanol–water partition coefficient (Wildman–Crippen LogP) is 1.32. The minimum atomic E-state index is 0.396. The molecule has 0 fully saturated rings. The monoisotopic (exact) mass is 131 g/mol. The highest BCUT2D eigenvalue weighted by Gasteiger charge is 1.96. The molecule has 0 aliphatic rings. The molecule has 0 rings (SSSR count).